The second-order valence-corrected chi connectivity index (χ2v) is 5.76. The number of aryl methyl sites for hydroxylation is 2. The molecule has 21 heavy (non-hydrogen) atoms. The molecule has 1 atom stereocenters. The van der Waals surface area contributed by atoms with Crippen LogP contribution in [-0.4, -0.2) is 22.6 Å². The van der Waals surface area contributed by atoms with Crippen LogP contribution in [0.1, 0.15) is 42.4 Å². The summed E-state index contributed by atoms with van der Waals surface area (Å²) in [4.78, 5) is 34.1. The molecule has 2 rings (SSSR count). The molecule has 1 unspecified atom stereocenters. The third-order valence-electron chi connectivity index (χ3n) is 4.08. The van der Waals surface area contributed by atoms with Gasteiger partial charge in [-0.3, -0.25) is 14.4 Å². The van der Waals surface area contributed by atoms with Gasteiger partial charge in [0.25, 0.3) is 0 Å². The molecule has 1 aromatic rings. The molecular formula is C17H20O4. The molecule has 0 bridgehead atoms. The fourth-order valence-corrected chi connectivity index (χ4v) is 2.79. The van der Waals surface area contributed by atoms with Crippen LogP contribution in [0.15, 0.2) is 18.2 Å². The zero-order valence-electron chi connectivity index (χ0n) is 12.2. The third kappa shape index (κ3) is 4.25. The van der Waals surface area contributed by atoms with Gasteiger partial charge in [-0.15, -0.1) is 0 Å². The molecule has 4 heteroatoms. The van der Waals surface area contributed by atoms with Crippen molar-refractivity contribution in [1.29, 1.82) is 0 Å². The van der Waals surface area contributed by atoms with E-state index in [4.69, 9.17) is 5.11 Å². The lowest BCUT2D eigenvalue weighted by Gasteiger charge is -2.20. The fourth-order valence-electron chi connectivity index (χ4n) is 2.79. The number of Topliss-reactive ketones (excluding diaryl/α,β-unsaturated/α-hetero) is 2. The number of hydrogen-bond acceptors (Lipinski definition) is 3. The molecule has 1 aliphatic rings. The van der Waals surface area contributed by atoms with E-state index >= 15 is 0 Å². The Bertz CT molecular complexity index is 574. The highest BCUT2D eigenvalue weighted by Gasteiger charge is 2.27. The summed E-state index contributed by atoms with van der Waals surface area (Å²) in [5, 5.41) is 8.78. The smallest absolute Gasteiger partial charge is 0.303 e. The van der Waals surface area contributed by atoms with Crippen LogP contribution in [0.25, 0.3) is 0 Å². The highest BCUT2D eigenvalue weighted by atomic mass is 16.4. The molecule has 112 valence electrons. The van der Waals surface area contributed by atoms with E-state index in [1.54, 1.807) is 0 Å². The lowest BCUT2D eigenvalue weighted by Crippen LogP contribution is -2.26. The van der Waals surface area contributed by atoms with Crippen LogP contribution in [0.2, 0.25) is 0 Å². The lowest BCUT2D eigenvalue weighted by atomic mass is 9.82. The maximum absolute atomic E-state index is 11.9. The van der Waals surface area contributed by atoms with Crippen LogP contribution < -0.4 is 0 Å². The van der Waals surface area contributed by atoms with Gasteiger partial charge in [-0.05, 0) is 36.5 Å². The SMILES string of the molecule is Cc1ccc(CC2CC(=O)CCC2=O)cc1CCC(=O)O. The van der Waals surface area contributed by atoms with E-state index < -0.39 is 5.97 Å². The van der Waals surface area contributed by atoms with Crippen molar-refractivity contribution in [2.24, 2.45) is 5.92 Å². The summed E-state index contributed by atoms with van der Waals surface area (Å²) in [6.45, 7) is 1.95. The summed E-state index contributed by atoms with van der Waals surface area (Å²) in [7, 11) is 0. The number of hydrogen-bond donors (Lipinski definition) is 1. The zero-order chi connectivity index (χ0) is 15.4. The standard InChI is InChI=1S/C17H20O4/c1-11-2-3-12(8-13(11)4-7-17(20)21)9-14-10-15(18)5-6-16(14)19/h2-3,8,14H,4-7,9-10H2,1H3,(H,20,21). The van der Waals surface area contributed by atoms with Crippen molar-refractivity contribution >= 4 is 17.5 Å². The average molecular weight is 288 g/mol. The molecule has 0 radical (unpaired) electrons. The molecule has 0 aromatic heterocycles. The van der Waals surface area contributed by atoms with Gasteiger partial charge in [-0.25, -0.2) is 0 Å². The summed E-state index contributed by atoms with van der Waals surface area (Å²) in [6, 6.07) is 5.90. The Morgan fingerprint density at radius 1 is 1.29 bits per heavy atom. The van der Waals surface area contributed by atoms with Crippen molar-refractivity contribution in [3.8, 4) is 0 Å². The average Bonchev–Trinajstić information content (AvgIpc) is 2.43. The molecule has 0 heterocycles. The monoisotopic (exact) mass is 288 g/mol. The number of aliphatic carboxylic acids is 1. The summed E-state index contributed by atoms with van der Waals surface area (Å²) in [5.74, 6) is -0.686. The van der Waals surface area contributed by atoms with Gasteiger partial charge >= 0.3 is 5.97 Å². The van der Waals surface area contributed by atoms with Gasteiger partial charge < -0.3 is 5.11 Å². The predicted molar refractivity (Wildman–Crippen MR) is 78.2 cm³/mol. The molecule has 1 fully saturated rings. The van der Waals surface area contributed by atoms with Crippen LogP contribution in [0.3, 0.4) is 0 Å². The number of carboxylic acid groups (broad SMARTS) is 1. The van der Waals surface area contributed by atoms with E-state index in [0.29, 0.717) is 32.1 Å². The van der Waals surface area contributed by atoms with Crippen molar-refractivity contribution in [1.82, 2.24) is 0 Å². The first-order chi connectivity index (χ1) is 9.95. The number of carbonyl (C=O) groups is 3. The minimum absolute atomic E-state index is 0.102. The Morgan fingerprint density at radius 2 is 2.05 bits per heavy atom. The summed E-state index contributed by atoms with van der Waals surface area (Å²) >= 11 is 0. The number of rotatable bonds is 5. The highest BCUT2D eigenvalue weighted by molar-refractivity contribution is 5.94. The van der Waals surface area contributed by atoms with Crippen molar-refractivity contribution in [3.05, 3.63) is 34.9 Å². The van der Waals surface area contributed by atoms with Crippen molar-refractivity contribution < 1.29 is 19.5 Å². The van der Waals surface area contributed by atoms with Crippen LogP contribution >= 0.6 is 0 Å². The Kier molecular flexibility index (Phi) is 4.89. The highest BCUT2D eigenvalue weighted by Crippen LogP contribution is 2.23. The van der Waals surface area contributed by atoms with Gasteiger partial charge in [0.15, 0.2) is 0 Å². The zero-order valence-corrected chi connectivity index (χ0v) is 12.2. The molecule has 4 nitrogen and oxygen atoms in total. The molecule has 0 spiro atoms. The summed E-state index contributed by atoms with van der Waals surface area (Å²) in [5.41, 5.74) is 3.07. The maximum atomic E-state index is 11.9. The Hall–Kier alpha value is -1.97. The van der Waals surface area contributed by atoms with E-state index in [9.17, 15) is 14.4 Å². The lowest BCUT2D eigenvalue weighted by molar-refractivity contribution is -0.137. The van der Waals surface area contributed by atoms with E-state index in [-0.39, 0.29) is 23.9 Å². The molecule has 1 aromatic carbocycles. The number of ketones is 2. The van der Waals surface area contributed by atoms with Gasteiger partial charge in [0.2, 0.25) is 0 Å². The Balaban J connectivity index is 2.09. The molecule has 1 saturated carbocycles. The Labute approximate surface area is 124 Å². The van der Waals surface area contributed by atoms with Gasteiger partial charge in [-0.2, -0.15) is 0 Å². The van der Waals surface area contributed by atoms with Gasteiger partial charge in [-0.1, -0.05) is 18.2 Å². The van der Waals surface area contributed by atoms with Crippen LogP contribution in [-0.2, 0) is 27.2 Å². The van der Waals surface area contributed by atoms with E-state index in [1.165, 1.54) is 0 Å². The minimum atomic E-state index is -0.812. The second-order valence-electron chi connectivity index (χ2n) is 5.76. The second kappa shape index (κ2) is 6.66. The largest absolute Gasteiger partial charge is 0.481 e. The molecule has 0 aliphatic heterocycles. The third-order valence-corrected chi connectivity index (χ3v) is 4.08. The number of benzene rings is 1. The van der Waals surface area contributed by atoms with Crippen LogP contribution in [0.4, 0.5) is 0 Å². The molecular weight excluding hydrogens is 268 g/mol. The maximum Gasteiger partial charge on any atom is 0.303 e. The van der Waals surface area contributed by atoms with Crippen molar-refractivity contribution in [2.45, 2.75) is 45.4 Å². The van der Waals surface area contributed by atoms with E-state index in [0.717, 1.165) is 16.7 Å². The predicted octanol–water partition coefficient (Wildman–Crippen LogP) is 2.49. The van der Waals surface area contributed by atoms with E-state index in [1.807, 2.05) is 25.1 Å². The van der Waals surface area contributed by atoms with Gasteiger partial charge in [0.1, 0.15) is 11.6 Å². The first-order valence-corrected chi connectivity index (χ1v) is 7.30. The molecule has 0 amide bonds. The number of carbonyl (C=O) groups excluding carboxylic acids is 2. The van der Waals surface area contributed by atoms with E-state index in [2.05, 4.69) is 0 Å². The quantitative estimate of drug-likeness (QED) is 0.903. The molecule has 0 saturated heterocycles. The first kappa shape index (κ1) is 15.4. The van der Waals surface area contributed by atoms with Crippen molar-refractivity contribution in [3.63, 3.8) is 0 Å². The van der Waals surface area contributed by atoms with Gasteiger partial charge in [0.05, 0.1) is 0 Å². The topological polar surface area (TPSA) is 71.4 Å². The molecule has 1 aliphatic carbocycles. The first-order valence-electron chi connectivity index (χ1n) is 7.30. The minimum Gasteiger partial charge on any atom is -0.481 e. The number of carboxylic acids is 1. The summed E-state index contributed by atoms with van der Waals surface area (Å²) in [6.07, 6.45) is 2.26. The fraction of sp³-hybridized carbons (Fsp3) is 0.471. The van der Waals surface area contributed by atoms with Crippen LogP contribution in [0, 0.1) is 12.8 Å². The van der Waals surface area contributed by atoms with Crippen LogP contribution in [0.5, 0.6) is 0 Å². The summed E-state index contributed by atoms with van der Waals surface area (Å²) < 4.78 is 0. The molecule has 1 N–H and O–H groups in total. The normalized spacial score (nSPS) is 18.8. The van der Waals surface area contributed by atoms with Gasteiger partial charge in [0, 0.05) is 31.6 Å². The Morgan fingerprint density at radius 3 is 2.76 bits per heavy atom. The van der Waals surface area contributed by atoms with Crippen molar-refractivity contribution in [2.75, 3.05) is 0 Å².